The molecule has 2 aromatic carbocycles. The van der Waals surface area contributed by atoms with Crippen molar-refractivity contribution in [2.75, 3.05) is 11.9 Å². The van der Waals surface area contributed by atoms with Gasteiger partial charge in [0, 0.05) is 12.3 Å². The molecular weight excluding hydrogens is 388 g/mol. The van der Waals surface area contributed by atoms with Crippen molar-refractivity contribution in [3.63, 3.8) is 0 Å². The van der Waals surface area contributed by atoms with Crippen LogP contribution in [0.25, 0.3) is 10.1 Å². The van der Waals surface area contributed by atoms with Gasteiger partial charge in [0.25, 0.3) is 0 Å². The first-order valence-corrected chi connectivity index (χ1v) is 9.88. The molecule has 1 N–H and O–H groups in total. The fourth-order valence-corrected chi connectivity index (χ4v) is 4.24. The van der Waals surface area contributed by atoms with Crippen molar-refractivity contribution in [3.05, 3.63) is 58.7 Å². The molecule has 6 nitrogen and oxygen atoms in total. The average molecular weight is 408 g/mol. The van der Waals surface area contributed by atoms with Crippen LogP contribution in [0.4, 0.5) is 5.00 Å². The number of amides is 1. The molecule has 0 bridgehead atoms. The molecule has 3 aromatic rings. The summed E-state index contributed by atoms with van der Waals surface area (Å²) in [4.78, 5) is 24.2. The number of aryl methyl sites for hydroxylation is 1. The van der Waals surface area contributed by atoms with E-state index in [-0.39, 0.29) is 19.1 Å². The smallest absolute Gasteiger partial charge is 0.341 e. The minimum atomic E-state index is -0.487. The van der Waals surface area contributed by atoms with Gasteiger partial charge < -0.3 is 14.8 Å². The normalized spacial score (nSPS) is 10.4. The number of carbonyl (C=O) groups is 2. The summed E-state index contributed by atoms with van der Waals surface area (Å²) in [7, 11) is 0. The molecule has 0 aliphatic carbocycles. The van der Waals surface area contributed by atoms with Gasteiger partial charge in [0.15, 0.2) is 0 Å². The Labute approximate surface area is 172 Å². The van der Waals surface area contributed by atoms with Crippen molar-refractivity contribution in [1.29, 1.82) is 5.26 Å². The second-order valence-electron chi connectivity index (χ2n) is 6.40. The average Bonchev–Trinajstić information content (AvgIpc) is 3.05. The number of hydrogen-bond acceptors (Lipinski definition) is 6. The van der Waals surface area contributed by atoms with Crippen molar-refractivity contribution < 1.29 is 19.1 Å². The van der Waals surface area contributed by atoms with E-state index in [0.29, 0.717) is 27.3 Å². The van der Waals surface area contributed by atoms with Crippen LogP contribution >= 0.6 is 11.3 Å². The van der Waals surface area contributed by atoms with Gasteiger partial charge in [-0.1, -0.05) is 24.3 Å². The third-order valence-electron chi connectivity index (χ3n) is 4.22. The lowest BCUT2D eigenvalue weighted by molar-refractivity contribution is -0.114. The minimum absolute atomic E-state index is 0.236. The molecule has 0 aliphatic rings. The second kappa shape index (κ2) is 8.76. The van der Waals surface area contributed by atoms with E-state index in [1.807, 2.05) is 31.2 Å². The highest BCUT2D eigenvalue weighted by Crippen LogP contribution is 2.43. The summed E-state index contributed by atoms with van der Waals surface area (Å²) < 4.78 is 12.0. The lowest BCUT2D eigenvalue weighted by atomic mass is 10.1. The Kier molecular flexibility index (Phi) is 6.15. The van der Waals surface area contributed by atoms with Gasteiger partial charge in [-0.2, -0.15) is 5.26 Å². The predicted octanol–water partition coefficient (Wildman–Crippen LogP) is 4.80. The van der Waals surface area contributed by atoms with Crippen LogP contribution in [0.3, 0.4) is 0 Å². The number of anilines is 1. The van der Waals surface area contributed by atoms with Crippen LogP contribution in [0.2, 0.25) is 0 Å². The van der Waals surface area contributed by atoms with E-state index in [0.717, 1.165) is 15.8 Å². The minimum Gasteiger partial charge on any atom is -0.487 e. The first-order chi connectivity index (χ1) is 13.9. The van der Waals surface area contributed by atoms with Crippen LogP contribution in [0.15, 0.2) is 36.4 Å². The standard InChI is InChI=1S/C22H20N2O4S/c1-4-27-22(26)18-17-9-8-13(2)19(20(17)29-21(18)24-14(3)25)28-12-16-7-5-6-15(10-16)11-23/h5-10H,4,12H2,1-3H3,(H,24,25). The molecule has 1 aromatic heterocycles. The molecule has 0 radical (unpaired) electrons. The number of carbonyl (C=O) groups excluding carboxylic acids is 2. The quantitative estimate of drug-likeness (QED) is 0.592. The van der Waals surface area contributed by atoms with Crippen LogP contribution in [0.5, 0.6) is 5.75 Å². The number of ether oxygens (including phenoxy) is 2. The molecule has 1 amide bonds. The van der Waals surface area contributed by atoms with Crippen molar-refractivity contribution in [3.8, 4) is 11.8 Å². The maximum absolute atomic E-state index is 12.5. The van der Waals surface area contributed by atoms with Crippen molar-refractivity contribution >= 4 is 38.3 Å². The van der Waals surface area contributed by atoms with Gasteiger partial charge >= 0.3 is 5.97 Å². The predicted molar refractivity (Wildman–Crippen MR) is 112 cm³/mol. The van der Waals surface area contributed by atoms with Gasteiger partial charge in [0.2, 0.25) is 5.91 Å². The van der Waals surface area contributed by atoms with Gasteiger partial charge in [0.05, 0.1) is 22.9 Å². The molecule has 7 heteroatoms. The lowest BCUT2D eigenvalue weighted by Gasteiger charge is -2.11. The number of esters is 1. The summed E-state index contributed by atoms with van der Waals surface area (Å²) in [5, 5.41) is 12.9. The van der Waals surface area contributed by atoms with Gasteiger partial charge in [0.1, 0.15) is 22.9 Å². The van der Waals surface area contributed by atoms with E-state index in [1.54, 1.807) is 19.1 Å². The third-order valence-corrected chi connectivity index (χ3v) is 5.34. The summed E-state index contributed by atoms with van der Waals surface area (Å²) in [5.74, 6) is -0.120. The molecule has 3 rings (SSSR count). The zero-order chi connectivity index (χ0) is 21.0. The Morgan fingerprint density at radius 2 is 2.03 bits per heavy atom. The summed E-state index contributed by atoms with van der Waals surface area (Å²) in [6, 6.07) is 13.0. The van der Waals surface area contributed by atoms with Crippen LogP contribution in [0, 0.1) is 18.3 Å². The number of rotatable bonds is 6. The number of nitrogens with one attached hydrogen (secondary N) is 1. The number of fused-ring (bicyclic) bond motifs is 1. The number of nitriles is 1. The van der Waals surface area contributed by atoms with Crippen LogP contribution in [-0.2, 0) is 16.1 Å². The Hall–Kier alpha value is -3.37. The highest BCUT2D eigenvalue weighted by Gasteiger charge is 2.23. The number of benzene rings is 2. The molecule has 0 saturated heterocycles. The first-order valence-electron chi connectivity index (χ1n) is 9.07. The summed E-state index contributed by atoms with van der Waals surface area (Å²) in [6.45, 7) is 5.56. The van der Waals surface area contributed by atoms with E-state index >= 15 is 0 Å². The second-order valence-corrected chi connectivity index (χ2v) is 7.42. The largest absolute Gasteiger partial charge is 0.487 e. The SMILES string of the molecule is CCOC(=O)c1c(NC(C)=O)sc2c(OCc3cccc(C#N)c3)c(C)ccc12. The Morgan fingerprint density at radius 3 is 2.72 bits per heavy atom. The van der Waals surface area contributed by atoms with E-state index < -0.39 is 5.97 Å². The Bertz CT molecular complexity index is 1130. The van der Waals surface area contributed by atoms with Crippen molar-refractivity contribution in [1.82, 2.24) is 0 Å². The monoisotopic (exact) mass is 408 g/mol. The Morgan fingerprint density at radius 1 is 1.24 bits per heavy atom. The van der Waals surface area contributed by atoms with E-state index in [1.165, 1.54) is 18.3 Å². The molecule has 0 unspecified atom stereocenters. The van der Waals surface area contributed by atoms with Crippen LogP contribution < -0.4 is 10.1 Å². The topological polar surface area (TPSA) is 88.4 Å². The van der Waals surface area contributed by atoms with Crippen LogP contribution in [-0.4, -0.2) is 18.5 Å². The molecule has 1 heterocycles. The third kappa shape index (κ3) is 4.39. The van der Waals surface area contributed by atoms with Gasteiger partial charge in [-0.25, -0.2) is 4.79 Å². The number of nitrogens with zero attached hydrogens (tertiary/aromatic N) is 1. The summed E-state index contributed by atoms with van der Waals surface area (Å²) >= 11 is 1.28. The summed E-state index contributed by atoms with van der Waals surface area (Å²) in [5.41, 5.74) is 2.66. The summed E-state index contributed by atoms with van der Waals surface area (Å²) in [6.07, 6.45) is 0. The van der Waals surface area contributed by atoms with E-state index in [4.69, 9.17) is 14.7 Å². The van der Waals surface area contributed by atoms with Gasteiger partial charge in [-0.05, 0) is 37.1 Å². The molecule has 0 spiro atoms. The van der Waals surface area contributed by atoms with E-state index in [2.05, 4.69) is 11.4 Å². The van der Waals surface area contributed by atoms with Crippen molar-refractivity contribution in [2.45, 2.75) is 27.4 Å². The number of hydrogen-bond donors (Lipinski definition) is 1. The molecular formula is C22H20N2O4S. The number of thiophene rings is 1. The molecule has 0 saturated carbocycles. The molecule has 29 heavy (non-hydrogen) atoms. The van der Waals surface area contributed by atoms with Gasteiger partial charge in [-0.3, -0.25) is 4.79 Å². The maximum atomic E-state index is 12.5. The highest BCUT2D eigenvalue weighted by molar-refractivity contribution is 7.23. The fourth-order valence-electron chi connectivity index (χ4n) is 2.95. The first kappa shape index (κ1) is 20.4. The van der Waals surface area contributed by atoms with Crippen molar-refractivity contribution in [2.24, 2.45) is 0 Å². The zero-order valence-corrected chi connectivity index (χ0v) is 17.2. The molecule has 0 aliphatic heterocycles. The maximum Gasteiger partial charge on any atom is 0.341 e. The molecule has 0 atom stereocenters. The van der Waals surface area contributed by atoms with E-state index in [9.17, 15) is 9.59 Å². The zero-order valence-electron chi connectivity index (χ0n) is 16.4. The van der Waals surface area contributed by atoms with Crippen LogP contribution in [0.1, 0.15) is 40.9 Å². The molecule has 0 fully saturated rings. The van der Waals surface area contributed by atoms with Gasteiger partial charge in [-0.15, -0.1) is 11.3 Å². The highest BCUT2D eigenvalue weighted by atomic mass is 32.1. The fraction of sp³-hybridized carbons (Fsp3) is 0.227. The lowest BCUT2D eigenvalue weighted by Crippen LogP contribution is -2.10. The Balaban J connectivity index is 2.05. The molecule has 148 valence electrons.